The van der Waals surface area contributed by atoms with Crippen molar-refractivity contribution in [2.45, 2.75) is 12.5 Å². The maximum absolute atomic E-state index is 6.00. The van der Waals surface area contributed by atoms with E-state index in [1.165, 1.54) is 5.56 Å². The van der Waals surface area contributed by atoms with Gasteiger partial charge >= 0.3 is 0 Å². The molecule has 0 aliphatic carbocycles. The van der Waals surface area contributed by atoms with Crippen molar-refractivity contribution in [3.63, 3.8) is 0 Å². The summed E-state index contributed by atoms with van der Waals surface area (Å²) in [6.07, 6.45) is 4.57. The average Bonchev–Trinajstić information content (AvgIpc) is 3.41. The first-order chi connectivity index (χ1) is 13.9. The summed E-state index contributed by atoms with van der Waals surface area (Å²) >= 11 is 0. The highest BCUT2D eigenvalue weighted by Crippen LogP contribution is 2.34. The highest BCUT2D eigenvalue weighted by molar-refractivity contribution is 5.87. The molecule has 28 heavy (non-hydrogen) atoms. The Hall–Kier alpha value is -3.25. The van der Waals surface area contributed by atoms with Crippen LogP contribution in [0.15, 0.2) is 73.2 Å². The zero-order valence-corrected chi connectivity index (χ0v) is 15.4. The number of rotatable bonds is 5. The number of anilines is 1. The first-order valence-corrected chi connectivity index (χ1v) is 9.55. The highest BCUT2D eigenvalue weighted by atomic mass is 16.5. The van der Waals surface area contributed by atoms with E-state index in [1.54, 1.807) is 6.33 Å². The average molecular weight is 371 g/mol. The molecule has 2 unspecified atom stereocenters. The standard InChI is InChI=1S/C22H21N5O/c1-3-7-16(8-4-1)20-17(11-12-28-20)13-23-21-19-14-26-27(22(19)25-15-24-21)18-9-5-2-6-10-18/h1-10,14-15,17,20H,11-13H2,(H,23,24,25). The van der Waals surface area contributed by atoms with Crippen molar-refractivity contribution < 1.29 is 4.74 Å². The van der Waals surface area contributed by atoms with Gasteiger partial charge in [-0.3, -0.25) is 0 Å². The molecule has 2 atom stereocenters. The molecule has 5 rings (SSSR count). The molecule has 3 heterocycles. The molecule has 4 aromatic rings. The zero-order chi connectivity index (χ0) is 18.8. The van der Waals surface area contributed by atoms with Crippen LogP contribution in [-0.2, 0) is 4.74 Å². The molecule has 0 bridgehead atoms. The molecular formula is C22H21N5O. The van der Waals surface area contributed by atoms with E-state index in [9.17, 15) is 0 Å². The van der Waals surface area contributed by atoms with Crippen LogP contribution in [0.2, 0.25) is 0 Å². The van der Waals surface area contributed by atoms with Gasteiger partial charge in [0, 0.05) is 19.1 Å². The predicted octanol–water partition coefficient (Wildman–Crippen LogP) is 4.01. The number of ether oxygens (including phenoxy) is 1. The molecule has 0 amide bonds. The fourth-order valence-corrected chi connectivity index (χ4v) is 3.82. The third-order valence-corrected chi connectivity index (χ3v) is 5.24. The summed E-state index contributed by atoms with van der Waals surface area (Å²) in [4.78, 5) is 8.90. The number of fused-ring (bicyclic) bond motifs is 1. The van der Waals surface area contributed by atoms with Crippen molar-refractivity contribution in [3.05, 3.63) is 78.8 Å². The molecule has 1 N–H and O–H groups in total. The third-order valence-electron chi connectivity index (χ3n) is 5.24. The molecule has 0 spiro atoms. The van der Waals surface area contributed by atoms with Gasteiger partial charge in [0.25, 0.3) is 0 Å². The third kappa shape index (κ3) is 3.12. The van der Waals surface area contributed by atoms with E-state index >= 15 is 0 Å². The Morgan fingerprint density at radius 1 is 1.00 bits per heavy atom. The molecule has 6 nitrogen and oxygen atoms in total. The maximum Gasteiger partial charge on any atom is 0.168 e. The summed E-state index contributed by atoms with van der Waals surface area (Å²) in [5, 5.41) is 8.95. The summed E-state index contributed by atoms with van der Waals surface area (Å²) in [6, 6.07) is 20.4. The molecule has 2 aromatic carbocycles. The second-order valence-corrected chi connectivity index (χ2v) is 6.98. The SMILES string of the molecule is c1ccc(C2OCCC2CNc2ncnc3c2cnn3-c2ccccc2)cc1. The van der Waals surface area contributed by atoms with Crippen LogP contribution in [-0.4, -0.2) is 32.9 Å². The van der Waals surface area contributed by atoms with Gasteiger partial charge in [-0.2, -0.15) is 5.10 Å². The Labute approximate surface area is 163 Å². The number of hydrogen-bond donors (Lipinski definition) is 1. The Kier molecular flexibility index (Phi) is 4.47. The summed E-state index contributed by atoms with van der Waals surface area (Å²) in [5.41, 5.74) is 3.01. The number of para-hydroxylation sites is 1. The number of aromatic nitrogens is 4. The predicted molar refractivity (Wildman–Crippen MR) is 108 cm³/mol. The monoisotopic (exact) mass is 371 g/mol. The Bertz CT molecular complexity index is 1060. The fourth-order valence-electron chi connectivity index (χ4n) is 3.82. The van der Waals surface area contributed by atoms with Crippen molar-refractivity contribution in [1.29, 1.82) is 0 Å². The minimum Gasteiger partial charge on any atom is -0.373 e. The number of hydrogen-bond acceptors (Lipinski definition) is 5. The lowest BCUT2D eigenvalue weighted by Gasteiger charge is -2.19. The lowest BCUT2D eigenvalue weighted by atomic mass is 9.95. The first-order valence-electron chi connectivity index (χ1n) is 9.55. The van der Waals surface area contributed by atoms with E-state index in [4.69, 9.17) is 4.74 Å². The second kappa shape index (κ2) is 7.40. The molecular weight excluding hydrogens is 350 g/mol. The highest BCUT2D eigenvalue weighted by Gasteiger charge is 2.29. The topological polar surface area (TPSA) is 64.9 Å². The normalized spacial score (nSPS) is 19.1. The zero-order valence-electron chi connectivity index (χ0n) is 15.4. The minimum absolute atomic E-state index is 0.123. The van der Waals surface area contributed by atoms with E-state index < -0.39 is 0 Å². The summed E-state index contributed by atoms with van der Waals surface area (Å²) in [6.45, 7) is 1.58. The molecule has 1 aliphatic rings. The van der Waals surface area contributed by atoms with Crippen molar-refractivity contribution >= 4 is 16.9 Å². The number of nitrogens with one attached hydrogen (secondary N) is 1. The van der Waals surface area contributed by atoms with Crippen LogP contribution in [0.1, 0.15) is 18.1 Å². The van der Waals surface area contributed by atoms with Crippen LogP contribution in [0.5, 0.6) is 0 Å². The van der Waals surface area contributed by atoms with Crippen LogP contribution in [0.25, 0.3) is 16.7 Å². The van der Waals surface area contributed by atoms with Gasteiger partial charge in [0.2, 0.25) is 0 Å². The lowest BCUT2D eigenvalue weighted by molar-refractivity contribution is 0.0933. The van der Waals surface area contributed by atoms with Gasteiger partial charge in [-0.15, -0.1) is 0 Å². The van der Waals surface area contributed by atoms with Crippen molar-refractivity contribution in [2.75, 3.05) is 18.5 Å². The van der Waals surface area contributed by atoms with Crippen LogP contribution in [0.4, 0.5) is 5.82 Å². The van der Waals surface area contributed by atoms with Gasteiger partial charge < -0.3 is 10.1 Å². The second-order valence-electron chi connectivity index (χ2n) is 6.98. The molecule has 0 saturated carbocycles. The van der Waals surface area contributed by atoms with Gasteiger partial charge in [0.1, 0.15) is 12.1 Å². The van der Waals surface area contributed by atoms with E-state index in [2.05, 4.69) is 44.6 Å². The smallest absolute Gasteiger partial charge is 0.168 e. The van der Waals surface area contributed by atoms with Crippen LogP contribution >= 0.6 is 0 Å². The van der Waals surface area contributed by atoms with E-state index in [0.717, 1.165) is 42.1 Å². The molecule has 140 valence electrons. The lowest BCUT2D eigenvalue weighted by Crippen LogP contribution is -2.18. The molecule has 1 fully saturated rings. The Morgan fingerprint density at radius 2 is 1.79 bits per heavy atom. The van der Waals surface area contributed by atoms with Crippen molar-refractivity contribution in [1.82, 2.24) is 19.7 Å². The summed E-state index contributed by atoms with van der Waals surface area (Å²) < 4.78 is 7.84. The van der Waals surface area contributed by atoms with Crippen LogP contribution < -0.4 is 5.32 Å². The van der Waals surface area contributed by atoms with Crippen LogP contribution in [0, 0.1) is 5.92 Å². The van der Waals surface area contributed by atoms with Gasteiger partial charge in [-0.25, -0.2) is 14.6 Å². The minimum atomic E-state index is 0.123. The summed E-state index contributed by atoms with van der Waals surface area (Å²) in [5.74, 6) is 1.21. The van der Waals surface area contributed by atoms with Crippen LogP contribution in [0.3, 0.4) is 0 Å². The molecule has 0 radical (unpaired) electrons. The van der Waals surface area contributed by atoms with E-state index in [1.807, 2.05) is 47.3 Å². The largest absolute Gasteiger partial charge is 0.373 e. The first kappa shape index (κ1) is 16.9. The Morgan fingerprint density at radius 3 is 2.61 bits per heavy atom. The molecule has 2 aromatic heterocycles. The summed E-state index contributed by atoms with van der Waals surface area (Å²) in [7, 11) is 0. The van der Waals surface area contributed by atoms with E-state index in [0.29, 0.717) is 5.92 Å². The molecule has 6 heteroatoms. The molecule has 1 aliphatic heterocycles. The van der Waals surface area contributed by atoms with Gasteiger partial charge in [-0.05, 0) is 24.1 Å². The van der Waals surface area contributed by atoms with Crippen molar-refractivity contribution in [3.8, 4) is 5.69 Å². The molecule has 1 saturated heterocycles. The number of nitrogens with zero attached hydrogens (tertiary/aromatic N) is 4. The van der Waals surface area contributed by atoms with Crippen molar-refractivity contribution in [2.24, 2.45) is 5.92 Å². The van der Waals surface area contributed by atoms with Gasteiger partial charge in [-0.1, -0.05) is 48.5 Å². The number of benzene rings is 2. The van der Waals surface area contributed by atoms with Gasteiger partial charge in [0.05, 0.1) is 23.4 Å². The quantitative estimate of drug-likeness (QED) is 0.574. The fraction of sp³-hybridized carbons (Fsp3) is 0.227. The maximum atomic E-state index is 6.00. The Balaban J connectivity index is 1.38. The van der Waals surface area contributed by atoms with Gasteiger partial charge in [0.15, 0.2) is 5.65 Å². The van der Waals surface area contributed by atoms with E-state index in [-0.39, 0.29) is 6.10 Å².